The highest BCUT2D eigenvalue weighted by Gasteiger charge is 2.32. The third-order valence-electron chi connectivity index (χ3n) is 5.73. The zero-order valence-electron chi connectivity index (χ0n) is 17.2. The lowest BCUT2D eigenvalue weighted by Crippen LogP contribution is -2.34. The molecule has 152 valence electrons. The molecule has 2 heterocycles. The molecule has 1 aromatic heterocycles. The van der Waals surface area contributed by atoms with Crippen molar-refractivity contribution in [3.8, 4) is 0 Å². The van der Waals surface area contributed by atoms with E-state index < -0.39 is 0 Å². The van der Waals surface area contributed by atoms with E-state index >= 15 is 0 Å². The fourth-order valence-electron chi connectivity index (χ4n) is 4.25. The van der Waals surface area contributed by atoms with Crippen LogP contribution in [0.1, 0.15) is 51.8 Å². The molecule has 2 aromatic carbocycles. The van der Waals surface area contributed by atoms with Gasteiger partial charge in [-0.15, -0.1) is 0 Å². The lowest BCUT2D eigenvalue weighted by Gasteiger charge is -2.24. The topological polar surface area (TPSA) is 59.4 Å². The van der Waals surface area contributed by atoms with Crippen molar-refractivity contribution in [1.82, 2.24) is 9.47 Å². The Bertz CT molecular complexity index is 1040. The standard InChI is InChI=1S/C25H24N2O3/c1-17-15-21(22(28)16-26-23(29)13-14-24(26)30)18(2)27(17)25(19-9-5-3-6-10-19)20-11-7-4-8-12-20/h3-12,15,25H,13-14,16H2,1-2H3. The van der Waals surface area contributed by atoms with E-state index in [4.69, 9.17) is 0 Å². The molecule has 4 rings (SSSR count). The lowest BCUT2D eigenvalue weighted by atomic mass is 9.98. The van der Waals surface area contributed by atoms with Gasteiger partial charge in [0.2, 0.25) is 11.8 Å². The number of nitrogens with zero attached hydrogens (tertiary/aromatic N) is 2. The van der Waals surface area contributed by atoms with Crippen LogP contribution in [0.15, 0.2) is 66.7 Å². The summed E-state index contributed by atoms with van der Waals surface area (Å²) in [4.78, 5) is 38.0. The minimum absolute atomic E-state index is 0.0796. The van der Waals surface area contributed by atoms with Gasteiger partial charge in [0.25, 0.3) is 0 Å². The number of hydrogen-bond acceptors (Lipinski definition) is 3. The number of imide groups is 1. The lowest BCUT2D eigenvalue weighted by molar-refractivity contribution is -0.137. The van der Waals surface area contributed by atoms with E-state index in [1.807, 2.05) is 56.3 Å². The van der Waals surface area contributed by atoms with Gasteiger partial charge in [0.05, 0.1) is 12.6 Å². The monoisotopic (exact) mass is 400 g/mol. The van der Waals surface area contributed by atoms with Crippen molar-refractivity contribution < 1.29 is 14.4 Å². The summed E-state index contributed by atoms with van der Waals surface area (Å²) in [6, 6.07) is 22.1. The quantitative estimate of drug-likeness (QED) is 0.463. The number of rotatable bonds is 6. The molecule has 0 unspecified atom stereocenters. The van der Waals surface area contributed by atoms with E-state index in [1.54, 1.807) is 0 Å². The van der Waals surface area contributed by atoms with Crippen LogP contribution in [0.4, 0.5) is 0 Å². The van der Waals surface area contributed by atoms with Gasteiger partial charge >= 0.3 is 0 Å². The third-order valence-corrected chi connectivity index (χ3v) is 5.73. The number of carbonyl (C=O) groups is 3. The Morgan fingerprint density at radius 3 is 1.87 bits per heavy atom. The average Bonchev–Trinajstić information content (AvgIpc) is 3.23. The molecule has 1 aliphatic rings. The van der Waals surface area contributed by atoms with Crippen LogP contribution >= 0.6 is 0 Å². The number of benzene rings is 2. The Kier molecular flexibility index (Phi) is 5.36. The Morgan fingerprint density at radius 1 is 0.867 bits per heavy atom. The molecular weight excluding hydrogens is 376 g/mol. The number of hydrogen-bond donors (Lipinski definition) is 0. The number of amides is 2. The number of ketones is 1. The van der Waals surface area contributed by atoms with E-state index in [2.05, 4.69) is 28.8 Å². The molecule has 0 aliphatic carbocycles. The van der Waals surface area contributed by atoms with Gasteiger partial charge in [-0.25, -0.2) is 0 Å². The van der Waals surface area contributed by atoms with Crippen molar-refractivity contribution in [1.29, 1.82) is 0 Å². The fourth-order valence-corrected chi connectivity index (χ4v) is 4.25. The normalized spacial score (nSPS) is 14.0. The largest absolute Gasteiger partial charge is 0.337 e. The van der Waals surface area contributed by atoms with Crippen LogP contribution in [-0.4, -0.2) is 33.6 Å². The first-order chi connectivity index (χ1) is 14.5. The number of aromatic nitrogens is 1. The first-order valence-corrected chi connectivity index (χ1v) is 10.1. The molecule has 0 saturated carbocycles. The smallest absolute Gasteiger partial charge is 0.230 e. The summed E-state index contributed by atoms with van der Waals surface area (Å²) in [6.45, 7) is 3.71. The number of carbonyl (C=O) groups excluding carboxylic acids is 3. The molecule has 1 saturated heterocycles. The third kappa shape index (κ3) is 3.59. The summed E-state index contributed by atoms with van der Waals surface area (Å²) in [5, 5.41) is 0. The predicted octanol–water partition coefficient (Wildman–Crippen LogP) is 4.07. The predicted molar refractivity (Wildman–Crippen MR) is 114 cm³/mol. The van der Waals surface area contributed by atoms with Crippen LogP contribution < -0.4 is 0 Å². The molecule has 30 heavy (non-hydrogen) atoms. The summed E-state index contributed by atoms with van der Waals surface area (Å²) >= 11 is 0. The Balaban J connectivity index is 1.75. The van der Waals surface area contributed by atoms with Gasteiger partial charge in [0.1, 0.15) is 0 Å². The maximum atomic E-state index is 13.0. The second-order valence-corrected chi connectivity index (χ2v) is 7.68. The SMILES string of the molecule is Cc1cc(C(=O)CN2C(=O)CCC2=O)c(C)n1C(c1ccccc1)c1ccccc1. The minimum Gasteiger partial charge on any atom is -0.337 e. The summed E-state index contributed by atoms with van der Waals surface area (Å²) in [5.41, 5.74) is 4.57. The van der Waals surface area contributed by atoms with Crippen molar-refractivity contribution in [3.05, 3.63) is 94.8 Å². The van der Waals surface area contributed by atoms with E-state index in [0.717, 1.165) is 27.4 Å². The Hall–Kier alpha value is -3.47. The molecule has 5 nitrogen and oxygen atoms in total. The van der Waals surface area contributed by atoms with Gasteiger partial charge in [0, 0.05) is 29.8 Å². The van der Waals surface area contributed by atoms with Crippen LogP contribution in [0, 0.1) is 13.8 Å². The first kappa shape index (κ1) is 19.8. The second-order valence-electron chi connectivity index (χ2n) is 7.68. The maximum absolute atomic E-state index is 13.0. The summed E-state index contributed by atoms with van der Waals surface area (Å²) in [6.07, 6.45) is 0.379. The molecule has 5 heteroatoms. The molecule has 0 radical (unpaired) electrons. The first-order valence-electron chi connectivity index (χ1n) is 10.1. The van der Waals surface area contributed by atoms with Crippen LogP contribution in [0.3, 0.4) is 0 Å². The van der Waals surface area contributed by atoms with Crippen molar-refractivity contribution in [2.75, 3.05) is 6.54 Å². The van der Waals surface area contributed by atoms with Crippen LogP contribution in [0.25, 0.3) is 0 Å². The van der Waals surface area contributed by atoms with Crippen molar-refractivity contribution >= 4 is 17.6 Å². The van der Waals surface area contributed by atoms with Gasteiger partial charge < -0.3 is 4.57 Å². The minimum atomic E-state index is -0.270. The molecule has 1 fully saturated rings. The molecule has 0 N–H and O–H groups in total. The van der Waals surface area contributed by atoms with Crippen molar-refractivity contribution in [2.45, 2.75) is 32.7 Å². The van der Waals surface area contributed by atoms with Gasteiger partial charge in [-0.1, -0.05) is 60.7 Å². The zero-order chi connectivity index (χ0) is 21.3. The van der Waals surface area contributed by atoms with Crippen molar-refractivity contribution in [2.24, 2.45) is 0 Å². The number of likely N-dealkylation sites (tertiary alicyclic amines) is 1. The number of aryl methyl sites for hydroxylation is 1. The van der Waals surface area contributed by atoms with Gasteiger partial charge in [-0.3, -0.25) is 19.3 Å². The van der Waals surface area contributed by atoms with Crippen molar-refractivity contribution in [3.63, 3.8) is 0 Å². The van der Waals surface area contributed by atoms with Crippen LogP contribution in [-0.2, 0) is 9.59 Å². The van der Waals surface area contributed by atoms with Gasteiger partial charge in [-0.2, -0.15) is 0 Å². The molecule has 0 spiro atoms. The summed E-state index contributed by atoms with van der Waals surface area (Å²) in [7, 11) is 0. The van der Waals surface area contributed by atoms with Crippen LogP contribution in [0.2, 0.25) is 0 Å². The highest BCUT2D eigenvalue weighted by atomic mass is 16.2. The molecule has 2 amide bonds. The second kappa shape index (κ2) is 8.11. The van der Waals surface area contributed by atoms with E-state index in [1.165, 1.54) is 0 Å². The summed E-state index contributed by atoms with van der Waals surface area (Å²) in [5.74, 6) is -0.750. The fraction of sp³-hybridized carbons (Fsp3) is 0.240. The molecule has 0 atom stereocenters. The average molecular weight is 400 g/mol. The van der Waals surface area contributed by atoms with E-state index in [-0.39, 0.29) is 43.0 Å². The molecular formula is C25H24N2O3. The van der Waals surface area contributed by atoms with Crippen LogP contribution in [0.5, 0.6) is 0 Å². The van der Waals surface area contributed by atoms with E-state index in [0.29, 0.717) is 5.56 Å². The highest BCUT2D eigenvalue weighted by Crippen LogP contribution is 2.32. The van der Waals surface area contributed by atoms with Gasteiger partial charge in [-0.05, 0) is 31.0 Å². The molecule has 3 aromatic rings. The highest BCUT2D eigenvalue weighted by molar-refractivity contribution is 6.08. The number of Topliss-reactive ketones (excluding diaryl/α,β-unsaturated/α-hetero) is 1. The molecule has 1 aliphatic heterocycles. The van der Waals surface area contributed by atoms with E-state index in [9.17, 15) is 14.4 Å². The Morgan fingerprint density at radius 2 is 1.37 bits per heavy atom. The summed E-state index contributed by atoms with van der Waals surface area (Å²) < 4.78 is 2.16. The van der Waals surface area contributed by atoms with Gasteiger partial charge in [0.15, 0.2) is 5.78 Å². The maximum Gasteiger partial charge on any atom is 0.230 e. The zero-order valence-corrected chi connectivity index (χ0v) is 17.2. The Labute approximate surface area is 175 Å². The molecule has 0 bridgehead atoms.